The summed E-state index contributed by atoms with van der Waals surface area (Å²) in [5.41, 5.74) is 3.10. The molecule has 0 unspecified atom stereocenters. The zero-order valence-corrected chi connectivity index (χ0v) is 17.1. The van der Waals surface area contributed by atoms with Gasteiger partial charge in [0, 0.05) is 42.8 Å². The predicted octanol–water partition coefficient (Wildman–Crippen LogP) is 3.41. The number of benzene rings is 2. The Morgan fingerprint density at radius 2 is 1.75 bits per heavy atom. The summed E-state index contributed by atoms with van der Waals surface area (Å²) < 4.78 is 1.83. The van der Waals surface area contributed by atoms with Gasteiger partial charge in [-0.25, -0.2) is 9.97 Å². The fourth-order valence-corrected chi connectivity index (χ4v) is 3.79. The number of imidazole rings is 1. The Labute approximate surface area is 183 Å². The van der Waals surface area contributed by atoms with Crippen LogP contribution in [0.1, 0.15) is 33.6 Å². The molecule has 1 N–H and O–H groups in total. The Morgan fingerprint density at radius 1 is 0.969 bits per heavy atom. The number of rotatable bonds is 6. The van der Waals surface area contributed by atoms with Crippen LogP contribution in [0, 0.1) is 0 Å². The minimum atomic E-state index is -0.305. The molecule has 0 radical (unpaired) electrons. The average Bonchev–Trinajstić information content (AvgIpc) is 3.35. The number of imide groups is 1. The molecule has 1 aliphatic rings. The third-order valence-electron chi connectivity index (χ3n) is 5.34. The minimum Gasteiger partial charge on any atom is -0.326 e. The summed E-state index contributed by atoms with van der Waals surface area (Å²) in [4.78, 5) is 47.2. The van der Waals surface area contributed by atoms with Crippen molar-refractivity contribution in [3.63, 3.8) is 0 Å². The molecule has 8 heteroatoms. The van der Waals surface area contributed by atoms with Crippen LogP contribution in [0.15, 0.2) is 73.2 Å². The van der Waals surface area contributed by atoms with Crippen LogP contribution < -0.4 is 5.32 Å². The highest BCUT2D eigenvalue weighted by Gasteiger charge is 2.34. The maximum absolute atomic E-state index is 12.4. The number of anilines is 1. The molecule has 4 aromatic rings. The van der Waals surface area contributed by atoms with Crippen LogP contribution in [0.3, 0.4) is 0 Å². The number of carbonyl (C=O) groups excluding carboxylic acids is 3. The normalized spacial score (nSPS) is 12.9. The molecule has 3 heterocycles. The molecule has 3 amide bonds. The number of carbonyl (C=O) groups is 3. The molecule has 0 saturated carbocycles. The molecule has 0 fully saturated rings. The third-order valence-corrected chi connectivity index (χ3v) is 5.34. The molecule has 0 aliphatic carbocycles. The zero-order chi connectivity index (χ0) is 22.1. The first-order valence-electron chi connectivity index (χ1n) is 10.3. The number of hydrogen-bond acceptors (Lipinski definition) is 5. The summed E-state index contributed by atoms with van der Waals surface area (Å²) in [6.45, 7) is 0.202. The SMILES string of the molecule is O=C(CCCN1C(=O)c2ccccc2C1=O)Nc1cccc(-c2cn3cccnc3n2)c1. The van der Waals surface area contributed by atoms with Gasteiger partial charge in [-0.15, -0.1) is 0 Å². The molecule has 5 rings (SSSR count). The lowest BCUT2D eigenvalue weighted by molar-refractivity contribution is -0.116. The fraction of sp³-hybridized carbons (Fsp3) is 0.125. The summed E-state index contributed by atoms with van der Waals surface area (Å²) in [6.07, 6.45) is 6.01. The van der Waals surface area contributed by atoms with Crippen LogP contribution in [-0.4, -0.2) is 43.5 Å². The molecule has 8 nitrogen and oxygen atoms in total. The highest BCUT2D eigenvalue weighted by molar-refractivity contribution is 6.21. The molecule has 2 aromatic heterocycles. The van der Waals surface area contributed by atoms with E-state index < -0.39 is 0 Å². The smallest absolute Gasteiger partial charge is 0.261 e. The van der Waals surface area contributed by atoms with Gasteiger partial charge in [-0.3, -0.25) is 23.7 Å². The van der Waals surface area contributed by atoms with Crippen molar-refractivity contribution in [1.29, 1.82) is 0 Å². The average molecular weight is 425 g/mol. The quantitative estimate of drug-likeness (QED) is 0.478. The van der Waals surface area contributed by atoms with Gasteiger partial charge in [-0.05, 0) is 36.8 Å². The molecule has 1 aliphatic heterocycles. The molecule has 32 heavy (non-hydrogen) atoms. The van der Waals surface area contributed by atoms with Crippen LogP contribution in [0.2, 0.25) is 0 Å². The third kappa shape index (κ3) is 3.62. The maximum atomic E-state index is 12.4. The van der Waals surface area contributed by atoms with Gasteiger partial charge >= 0.3 is 0 Å². The van der Waals surface area contributed by atoms with Crippen molar-refractivity contribution < 1.29 is 14.4 Å². The second kappa shape index (κ2) is 8.07. The maximum Gasteiger partial charge on any atom is 0.261 e. The highest BCUT2D eigenvalue weighted by Crippen LogP contribution is 2.24. The van der Waals surface area contributed by atoms with Crippen molar-refractivity contribution in [1.82, 2.24) is 19.3 Å². The Bertz CT molecular complexity index is 1290. The Morgan fingerprint density at radius 3 is 2.50 bits per heavy atom. The predicted molar refractivity (Wildman–Crippen MR) is 118 cm³/mol. The van der Waals surface area contributed by atoms with Crippen molar-refractivity contribution in [3.8, 4) is 11.3 Å². The topological polar surface area (TPSA) is 96.7 Å². The minimum absolute atomic E-state index is 0.185. The standard InChI is InChI=1S/C24H19N5O3/c30-21(10-4-13-29-22(31)18-8-1-2-9-19(18)23(29)32)26-17-7-3-6-16(14-17)20-15-28-12-5-11-25-24(28)27-20/h1-3,5-9,11-12,14-15H,4,10,13H2,(H,26,30). The summed E-state index contributed by atoms with van der Waals surface area (Å²) in [7, 11) is 0. The molecule has 0 atom stereocenters. The van der Waals surface area contributed by atoms with Crippen LogP contribution in [0.4, 0.5) is 5.69 Å². The van der Waals surface area contributed by atoms with E-state index in [2.05, 4.69) is 15.3 Å². The van der Waals surface area contributed by atoms with E-state index in [0.717, 1.165) is 11.3 Å². The summed E-state index contributed by atoms with van der Waals surface area (Å²) in [5.74, 6) is -0.193. The van der Waals surface area contributed by atoms with Gasteiger partial charge in [0.1, 0.15) is 0 Å². The number of fused-ring (bicyclic) bond motifs is 2. The lowest BCUT2D eigenvalue weighted by Gasteiger charge is -2.13. The fourth-order valence-electron chi connectivity index (χ4n) is 3.79. The lowest BCUT2D eigenvalue weighted by Crippen LogP contribution is -2.31. The van der Waals surface area contributed by atoms with Gasteiger partial charge in [0.05, 0.1) is 16.8 Å². The molecular formula is C24H19N5O3. The van der Waals surface area contributed by atoms with E-state index in [1.54, 1.807) is 36.5 Å². The summed E-state index contributed by atoms with van der Waals surface area (Å²) in [6, 6.07) is 16.0. The van der Waals surface area contributed by atoms with E-state index in [-0.39, 0.29) is 30.7 Å². The van der Waals surface area contributed by atoms with Crippen molar-refractivity contribution in [2.45, 2.75) is 12.8 Å². The number of nitrogens with one attached hydrogen (secondary N) is 1. The van der Waals surface area contributed by atoms with E-state index in [1.165, 1.54) is 4.90 Å². The van der Waals surface area contributed by atoms with Crippen molar-refractivity contribution in [3.05, 3.63) is 84.3 Å². The molecule has 0 bridgehead atoms. The molecular weight excluding hydrogens is 406 g/mol. The van der Waals surface area contributed by atoms with Crippen LogP contribution in [-0.2, 0) is 4.79 Å². The van der Waals surface area contributed by atoms with Crippen LogP contribution in [0.25, 0.3) is 17.0 Å². The Hall–Kier alpha value is -4.33. The Balaban J connectivity index is 1.19. The van der Waals surface area contributed by atoms with Gasteiger partial charge < -0.3 is 5.32 Å². The zero-order valence-electron chi connectivity index (χ0n) is 17.1. The second-order valence-electron chi connectivity index (χ2n) is 7.49. The van der Waals surface area contributed by atoms with Crippen molar-refractivity contribution in [2.75, 3.05) is 11.9 Å². The lowest BCUT2D eigenvalue weighted by atomic mass is 10.1. The molecule has 158 valence electrons. The van der Waals surface area contributed by atoms with E-state index >= 15 is 0 Å². The number of amides is 3. The van der Waals surface area contributed by atoms with Gasteiger partial charge in [-0.1, -0.05) is 24.3 Å². The van der Waals surface area contributed by atoms with Gasteiger partial charge in [0.15, 0.2) is 0 Å². The van der Waals surface area contributed by atoms with Gasteiger partial charge in [0.25, 0.3) is 11.8 Å². The second-order valence-corrected chi connectivity index (χ2v) is 7.49. The summed E-state index contributed by atoms with van der Waals surface area (Å²) >= 11 is 0. The number of nitrogens with zero attached hydrogens (tertiary/aromatic N) is 4. The highest BCUT2D eigenvalue weighted by atomic mass is 16.2. The van der Waals surface area contributed by atoms with E-state index in [1.807, 2.05) is 41.1 Å². The monoisotopic (exact) mass is 425 g/mol. The molecule has 0 spiro atoms. The van der Waals surface area contributed by atoms with Gasteiger partial charge in [-0.2, -0.15) is 0 Å². The van der Waals surface area contributed by atoms with Gasteiger partial charge in [0.2, 0.25) is 11.7 Å². The number of hydrogen-bond donors (Lipinski definition) is 1. The largest absolute Gasteiger partial charge is 0.326 e. The summed E-state index contributed by atoms with van der Waals surface area (Å²) in [5, 5.41) is 2.87. The van der Waals surface area contributed by atoms with E-state index in [0.29, 0.717) is 29.0 Å². The van der Waals surface area contributed by atoms with Crippen LogP contribution >= 0.6 is 0 Å². The van der Waals surface area contributed by atoms with E-state index in [4.69, 9.17) is 0 Å². The number of aromatic nitrogens is 3. The first-order chi connectivity index (χ1) is 15.6. The Kier molecular flexibility index (Phi) is 4.95. The van der Waals surface area contributed by atoms with Crippen LogP contribution in [0.5, 0.6) is 0 Å². The van der Waals surface area contributed by atoms with Crippen molar-refractivity contribution in [2.24, 2.45) is 0 Å². The molecule has 0 saturated heterocycles. The molecule has 2 aromatic carbocycles. The van der Waals surface area contributed by atoms with Crippen molar-refractivity contribution >= 4 is 29.2 Å². The van der Waals surface area contributed by atoms with E-state index in [9.17, 15) is 14.4 Å². The first-order valence-corrected chi connectivity index (χ1v) is 10.3. The first kappa shape index (κ1) is 19.6.